The van der Waals surface area contributed by atoms with E-state index in [2.05, 4.69) is 26.1 Å². The van der Waals surface area contributed by atoms with Crippen LogP contribution in [0.4, 0.5) is 4.79 Å². The van der Waals surface area contributed by atoms with Crippen molar-refractivity contribution in [3.05, 3.63) is 0 Å². The van der Waals surface area contributed by atoms with Crippen LogP contribution >= 0.6 is 0 Å². The minimum Gasteiger partial charge on any atom is -0.335 e. The Morgan fingerprint density at radius 3 is 2.40 bits per heavy atom. The highest BCUT2D eigenvalue weighted by Crippen LogP contribution is 2.65. The number of nitrogens with one attached hydrogen (secondary N) is 1. The minimum absolute atomic E-state index is 0.145. The number of carbonyl (C=O) groups is 1. The number of fused-ring (bicyclic) bond motifs is 2. The molecule has 20 heavy (non-hydrogen) atoms. The minimum atomic E-state index is 0.145. The van der Waals surface area contributed by atoms with Gasteiger partial charge in [-0.15, -0.1) is 0 Å². The molecule has 2 amide bonds. The number of urea groups is 1. The molecule has 0 aliphatic heterocycles. The van der Waals surface area contributed by atoms with E-state index in [1.54, 1.807) is 0 Å². The molecule has 2 bridgehead atoms. The van der Waals surface area contributed by atoms with E-state index >= 15 is 0 Å². The molecule has 0 aromatic heterocycles. The predicted octanol–water partition coefficient (Wildman–Crippen LogP) is 3.64. The first kappa shape index (κ1) is 14.2. The number of rotatable bonds is 3. The van der Waals surface area contributed by atoms with Crippen LogP contribution in [0.1, 0.15) is 59.3 Å². The van der Waals surface area contributed by atoms with Crippen molar-refractivity contribution < 1.29 is 4.79 Å². The Labute approximate surface area is 123 Å². The van der Waals surface area contributed by atoms with Crippen molar-refractivity contribution in [3.63, 3.8) is 0 Å². The van der Waals surface area contributed by atoms with E-state index in [1.807, 2.05) is 11.9 Å². The molecular weight excluding hydrogens is 248 g/mol. The molecule has 0 saturated heterocycles. The number of amides is 2. The van der Waals surface area contributed by atoms with Gasteiger partial charge in [-0.05, 0) is 54.8 Å². The zero-order valence-corrected chi connectivity index (χ0v) is 13.5. The van der Waals surface area contributed by atoms with Gasteiger partial charge < -0.3 is 10.2 Å². The van der Waals surface area contributed by atoms with Crippen LogP contribution in [-0.4, -0.2) is 30.6 Å². The fraction of sp³-hybridized carbons (Fsp3) is 0.941. The van der Waals surface area contributed by atoms with Crippen molar-refractivity contribution in [1.29, 1.82) is 0 Å². The average molecular weight is 278 g/mol. The van der Waals surface area contributed by atoms with E-state index < -0.39 is 0 Å². The Morgan fingerprint density at radius 1 is 1.25 bits per heavy atom. The largest absolute Gasteiger partial charge is 0.335 e. The highest BCUT2D eigenvalue weighted by Gasteiger charge is 2.61. The number of hydrogen-bond acceptors (Lipinski definition) is 1. The average Bonchev–Trinajstić information content (AvgIpc) is 2.66. The molecule has 0 spiro atoms. The fourth-order valence-electron chi connectivity index (χ4n) is 4.83. The van der Waals surface area contributed by atoms with Crippen molar-refractivity contribution in [2.45, 2.75) is 65.3 Å². The van der Waals surface area contributed by atoms with Crippen LogP contribution in [0.2, 0.25) is 0 Å². The van der Waals surface area contributed by atoms with Crippen LogP contribution in [0.15, 0.2) is 0 Å². The Kier molecular flexibility index (Phi) is 3.30. The van der Waals surface area contributed by atoms with Crippen molar-refractivity contribution in [2.75, 3.05) is 13.6 Å². The van der Waals surface area contributed by atoms with Crippen molar-refractivity contribution in [3.8, 4) is 0 Å². The second-order valence-corrected chi connectivity index (χ2v) is 8.29. The lowest BCUT2D eigenvalue weighted by atomic mass is 9.69. The number of nitrogens with zero attached hydrogens (tertiary/aromatic N) is 1. The third-order valence-electron chi connectivity index (χ3n) is 7.20. The molecule has 3 aliphatic rings. The molecule has 0 heterocycles. The van der Waals surface area contributed by atoms with Crippen molar-refractivity contribution in [2.24, 2.45) is 22.7 Å². The van der Waals surface area contributed by atoms with Crippen LogP contribution in [0.25, 0.3) is 0 Å². The predicted molar refractivity (Wildman–Crippen MR) is 81.5 cm³/mol. The Hall–Kier alpha value is -0.730. The van der Waals surface area contributed by atoms with E-state index in [4.69, 9.17) is 0 Å². The van der Waals surface area contributed by atoms with E-state index in [0.29, 0.717) is 11.5 Å². The van der Waals surface area contributed by atoms with Crippen LogP contribution in [0.5, 0.6) is 0 Å². The van der Waals surface area contributed by atoms with Gasteiger partial charge in [0.1, 0.15) is 0 Å². The Morgan fingerprint density at radius 2 is 1.95 bits per heavy atom. The first-order chi connectivity index (χ1) is 9.34. The lowest BCUT2D eigenvalue weighted by Gasteiger charge is -2.40. The molecule has 0 aromatic rings. The highest BCUT2D eigenvalue weighted by molar-refractivity contribution is 5.74. The monoisotopic (exact) mass is 278 g/mol. The summed E-state index contributed by atoms with van der Waals surface area (Å²) in [6, 6.07) is 0.513. The van der Waals surface area contributed by atoms with Gasteiger partial charge in [0, 0.05) is 19.6 Å². The molecule has 0 unspecified atom stereocenters. The van der Waals surface area contributed by atoms with E-state index in [0.717, 1.165) is 18.4 Å². The molecule has 3 heteroatoms. The van der Waals surface area contributed by atoms with Gasteiger partial charge in [-0.2, -0.15) is 0 Å². The fourth-order valence-corrected chi connectivity index (χ4v) is 4.83. The summed E-state index contributed by atoms with van der Waals surface area (Å²) in [7, 11) is 1.95. The summed E-state index contributed by atoms with van der Waals surface area (Å²) in [5.41, 5.74) is 0.655. The molecule has 1 N–H and O–H groups in total. The zero-order chi connectivity index (χ0) is 14.5. The summed E-state index contributed by atoms with van der Waals surface area (Å²) in [6.07, 6.45) is 7.72. The Balaban J connectivity index is 1.59. The number of hydrogen-bond donors (Lipinski definition) is 1. The van der Waals surface area contributed by atoms with Gasteiger partial charge in [0.05, 0.1) is 0 Å². The van der Waals surface area contributed by atoms with E-state index in [9.17, 15) is 4.79 Å². The highest BCUT2D eigenvalue weighted by atomic mass is 16.2. The van der Waals surface area contributed by atoms with Gasteiger partial charge in [-0.3, -0.25) is 0 Å². The number of carbonyl (C=O) groups excluding carboxylic acids is 1. The molecule has 3 atom stereocenters. The summed E-state index contributed by atoms with van der Waals surface area (Å²) < 4.78 is 0. The molecule has 3 rings (SSSR count). The van der Waals surface area contributed by atoms with Gasteiger partial charge in [-0.25, -0.2) is 4.79 Å². The van der Waals surface area contributed by atoms with Gasteiger partial charge in [0.15, 0.2) is 0 Å². The summed E-state index contributed by atoms with van der Waals surface area (Å²) in [6.45, 7) is 8.11. The topological polar surface area (TPSA) is 32.3 Å². The molecule has 3 saturated carbocycles. The van der Waals surface area contributed by atoms with E-state index in [-0.39, 0.29) is 11.4 Å². The summed E-state index contributed by atoms with van der Waals surface area (Å²) >= 11 is 0. The maximum Gasteiger partial charge on any atom is 0.317 e. The summed E-state index contributed by atoms with van der Waals surface area (Å²) in [5.74, 6) is 1.53. The van der Waals surface area contributed by atoms with Crippen LogP contribution in [0, 0.1) is 22.7 Å². The van der Waals surface area contributed by atoms with Gasteiger partial charge in [-0.1, -0.05) is 27.2 Å². The quantitative estimate of drug-likeness (QED) is 0.840. The zero-order valence-electron chi connectivity index (χ0n) is 13.5. The smallest absolute Gasteiger partial charge is 0.317 e. The molecule has 3 aliphatic carbocycles. The molecule has 3 nitrogen and oxygen atoms in total. The summed E-state index contributed by atoms with van der Waals surface area (Å²) in [4.78, 5) is 14.3. The third-order valence-corrected chi connectivity index (χ3v) is 7.20. The molecule has 114 valence electrons. The van der Waals surface area contributed by atoms with E-state index in [1.165, 1.54) is 38.5 Å². The second kappa shape index (κ2) is 4.64. The summed E-state index contributed by atoms with van der Waals surface area (Å²) in [5, 5.41) is 3.35. The Bertz CT molecular complexity index is 402. The third kappa shape index (κ3) is 1.96. The van der Waals surface area contributed by atoms with Gasteiger partial charge >= 0.3 is 6.03 Å². The van der Waals surface area contributed by atoms with Gasteiger partial charge in [0.25, 0.3) is 0 Å². The van der Waals surface area contributed by atoms with Crippen LogP contribution in [0.3, 0.4) is 0 Å². The van der Waals surface area contributed by atoms with Crippen molar-refractivity contribution >= 4 is 6.03 Å². The molecule has 0 radical (unpaired) electrons. The SMILES string of the molecule is CN(CC1CCC1)C(=O)N[C@@H]1C[C@H]2CC[C@@]1(C)C2(C)C. The van der Waals surface area contributed by atoms with Crippen molar-refractivity contribution in [1.82, 2.24) is 10.2 Å². The van der Waals surface area contributed by atoms with Crippen LogP contribution in [-0.2, 0) is 0 Å². The first-order valence-electron chi connectivity index (χ1n) is 8.36. The van der Waals surface area contributed by atoms with Crippen LogP contribution < -0.4 is 5.32 Å². The molecule has 0 aromatic carbocycles. The maximum absolute atomic E-state index is 12.4. The maximum atomic E-state index is 12.4. The second-order valence-electron chi connectivity index (χ2n) is 8.29. The first-order valence-corrected chi connectivity index (χ1v) is 8.36. The molecule has 3 fully saturated rings. The lowest BCUT2D eigenvalue weighted by molar-refractivity contribution is 0.116. The normalized spacial score (nSPS) is 38.6. The van der Waals surface area contributed by atoms with Gasteiger partial charge in [0.2, 0.25) is 0 Å². The molecular formula is C17H30N2O. The lowest BCUT2D eigenvalue weighted by Crippen LogP contribution is -2.51. The standard InChI is InChI=1S/C17H30N2O/c1-16(2)13-8-9-17(16,3)14(10-13)18-15(20)19(4)11-12-6-5-7-12/h12-14H,5-11H2,1-4H3,(H,18,20)/t13-,14-,17-/m1/s1.